The SMILES string of the molecule is CCOC(=O)N1CCC(=NO)CC1. The first kappa shape index (κ1) is 9.83. The highest BCUT2D eigenvalue weighted by molar-refractivity contribution is 5.86. The standard InChI is InChI=1S/C8H14N2O3/c1-2-13-8(11)10-5-3-7(9-12)4-6-10/h12H,2-6H2,1H3. The van der Waals surface area contributed by atoms with Crippen LogP contribution in [0.1, 0.15) is 19.8 Å². The van der Waals surface area contributed by atoms with Gasteiger partial charge in [0.2, 0.25) is 0 Å². The number of hydrogen-bond donors (Lipinski definition) is 1. The first-order valence-corrected chi connectivity index (χ1v) is 4.39. The molecule has 13 heavy (non-hydrogen) atoms. The van der Waals surface area contributed by atoms with Crippen molar-refractivity contribution in [2.45, 2.75) is 19.8 Å². The molecule has 1 amide bonds. The Labute approximate surface area is 77.0 Å². The molecule has 0 atom stereocenters. The van der Waals surface area contributed by atoms with Gasteiger partial charge < -0.3 is 14.8 Å². The van der Waals surface area contributed by atoms with Crippen molar-refractivity contribution in [3.05, 3.63) is 0 Å². The molecule has 1 rings (SSSR count). The monoisotopic (exact) mass is 186 g/mol. The maximum absolute atomic E-state index is 11.2. The summed E-state index contributed by atoms with van der Waals surface area (Å²) in [7, 11) is 0. The maximum Gasteiger partial charge on any atom is 0.409 e. The molecule has 5 heteroatoms. The maximum atomic E-state index is 11.2. The molecule has 0 aromatic rings. The van der Waals surface area contributed by atoms with E-state index in [1.54, 1.807) is 11.8 Å². The summed E-state index contributed by atoms with van der Waals surface area (Å²) in [5.74, 6) is 0. The fourth-order valence-corrected chi connectivity index (χ4v) is 1.26. The van der Waals surface area contributed by atoms with Crippen molar-refractivity contribution >= 4 is 11.8 Å². The first-order valence-electron chi connectivity index (χ1n) is 4.39. The van der Waals surface area contributed by atoms with Gasteiger partial charge in [0, 0.05) is 25.9 Å². The van der Waals surface area contributed by atoms with Gasteiger partial charge in [-0.15, -0.1) is 0 Å². The Morgan fingerprint density at radius 3 is 2.69 bits per heavy atom. The highest BCUT2D eigenvalue weighted by Gasteiger charge is 2.20. The Balaban J connectivity index is 2.36. The van der Waals surface area contributed by atoms with Crippen LogP contribution in [0.5, 0.6) is 0 Å². The average molecular weight is 186 g/mol. The Morgan fingerprint density at radius 1 is 1.62 bits per heavy atom. The van der Waals surface area contributed by atoms with E-state index < -0.39 is 0 Å². The van der Waals surface area contributed by atoms with Crippen molar-refractivity contribution in [3.63, 3.8) is 0 Å². The van der Waals surface area contributed by atoms with Gasteiger partial charge in [-0.2, -0.15) is 0 Å². The minimum Gasteiger partial charge on any atom is -0.450 e. The van der Waals surface area contributed by atoms with Crippen LogP contribution in [-0.2, 0) is 4.74 Å². The van der Waals surface area contributed by atoms with E-state index in [0.717, 1.165) is 5.71 Å². The predicted octanol–water partition coefficient (Wildman–Crippen LogP) is 1.07. The average Bonchev–Trinajstić information content (AvgIpc) is 2.18. The van der Waals surface area contributed by atoms with Crippen LogP contribution in [0.25, 0.3) is 0 Å². The summed E-state index contributed by atoms with van der Waals surface area (Å²) < 4.78 is 4.83. The third-order valence-electron chi connectivity index (χ3n) is 2.01. The summed E-state index contributed by atoms with van der Waals surface area (Å²) in [6.45, 7) is 3.34. The van der Waals surface area contributed by atoms with Crippen LogP contribution in [-0.4, -0.2) is 41.6 Å². The van der Waals surface area contributed by atoms with Crippen molar-refractivity contribution in [1.82, 2.24) is 4.90 Å². The molecule has 5 nitrogen and oxygen atoms in total. The zero-order chi connectivity index (χ0) is 9.68. The van der Waals surface area contributed by atoms with Crippen LogP contribution in [0.2, 0.25) is 0 Å². The van der Waals surface area contributed by atoms with Gasteiger partial charge >= 0.3 is 6.09 Å². The van der Waals surface area contributed by atoms with Gasteiger partial charge in [0.25, 0.3) is 0 Å². The van der Waals surface area contributed by atoms with Crippen molar-refractivity contribution in [1.29, 1.82) is 0 Å². The second-order valence-corrected chi connectivity index (χ2v) is 2.85. The van der Waals surface area contributed by atoms with Crippen molar-refractivity contribution in [2.24, 2.45) is 5.16 Å². The molecule has 1 fully saturated rings. The number of oxime groups is 1. The number of carbonyl (C=O) groups is 1. The van der Waals surface area contributed by atoms with Gasteiger partial charge in [0.15, 0.2) is 0 Å². The van der Waals surface area contributed by atoms with Gasteiger partial charge in [-0.3, -0.25) is 0 Å². The molecule has 1 heterocycles. The lowest BCUT2D eigenvalue weighted by atomic mass is 10.1. The molecule has 1 aliphatic heterocycles. The quantitative estimate of drug-likeness (QED) is 0.492. The van der Waals surface area contributed by atoms with E-state index in [1.165, 1.54) is 0 Å². The van der Waals surface area contributed by atoms with Crippen LogP contribution >= 0.6 is 0 Å². The second-order valence-electron chi connectivity index (χ2n) is 2.85. The van der Waals surface area contributed by atoms with Crippen molar-refractivity contribution < 1.29 is 14.7 Å². The molecule has 0 bridgehead atoms. The third-order valence-corrected chi connectivity index (χ3v) is 2.01. The molecular formula is C8H14N2O3. The number of rotatable bonds is 1. The first-order chi connectivity index (χ1) is 6.27. The summed E-state index contributed by atoms with van der Waals surface area (Å²) in [5, 5.41) is 11.6. The van der Waals surface area contributed by atoms with E-state index in [2.05, 4.69) is 5.16 Å². The lowest BCUT2D eigenvalue weighted by Crippen LogP contribution is -2.39. The zero-order valence-corrected chi connectivity index (χ0v) is 7.69. The molecule has 0 aliphatic carbocycles. The van der Waals surface area contributed by atoms with Crippen LogP contribution in [0.15, 0.2) is 5.16 Å². The van der Waals surface area contributed by atoms with E-state index >= 15 is 0 Å². The van der Waals surface area contributed by atoms with Crippen LogP contribution < -0.4 is 0 Å². The van der Waals surface area contributed by atoms with E-state index in [-0.39, 0.29) is 6.09 Å². The number of likely N-dealkylation sites (tertiary alicyclic amines) is 1. The molecule has 1 saturated heterocycles. The topological polar surface area (TPSA) is 62.1 Å². The number of amides is 1. The number of piperidine rings is 1. The summed E-state index contributed by atoms with van der Waals surface area (Å²) in [5.41, 5.74) is 0.751. The summed E-state index contributed by atoms with van der Waals surface area (Å²) in [6.07, 6.45) is 0.990. The zero-order valence-electron chi connectivity index (χ0n) is 7.69. The van der Waals surface area contributed by atoms with E-state index in [1.807, 2.05) is 0 Å². The molecule has 0 saturated carbocycles. The fourth-order valence-electron chi connectivity index (χ4n) is 1.26. The summed E-state index contributed by atoms with van der Waals surface area (Å²) in [6, 6.07) is 0. The van der Waals surface area contributed by atoms with Gasteiger partial charge in [-0.1, -0.05) is 5.16 Å². The Bertz CT molecular complexity index is 205. The molecule has 0 unspecified atom stereocenters. The third kappa shape index (κ3) is 2.61. The normalized spacial score (nSPS) is 17.0. The van der Waals surface area contributed by atoms with E-state index in [0.29, 0.717) is 32.5 Å². The Hall–Kier alpha value is -1.26. The highest BCUT2D eigenvalue weighted by atomic mass is 16.6. The molecule has 0 aromatic carbocycles. The van der Waals surface area contributed by atoms with Crippen molar-refractivity contribution in [2.75, 3.05) is 19.7 Å². The van der Waals surface area contributed by atoms with Gasteiger partial charge in [-0.05, 0) is 6.92 Å². The molecule has 0 aromatic heterocycles. The number of ether oxygens (including phenoxy) is 1. The van der Waals surface area contributed by atoms with Gasteiger partial charge in [0.1, 0.15) is 0 Å². The Morgan fingerprint density at radius 2 is 2.23 bits per heavy atom. The Kier molecular flexibility index (Phi) is 3.54. The number of hydrogen-bond acceptors (Lipinski definition) is 4. The number of carbonyl (C=O) groups excluding carboxylic acids is 1. The summed E-state index contributed by atoms with van der Waals surface area (Å²) in [4.78, 5) is 12.8. The molecular weight excluding hydrogens is 172 g/mol. The summed E-state index contributed by atoms with van der Waals surface area (Å²) >= 11 is 0. The predicted molar refractivity (Wildman–Crippen MR) is 47.1 cm³/mol. The van der Waals surface area contributed by atoms with Crippen LogP contribution in [0.3, 0.4) is 0 Å². The van der Waals surface area contributed by atoms with Gasteiger partial charge in [0.05, 0.1) is 12.3 Å². The minimum absolute atomic E-state index is 0.278. The van der Waals surface area contributed by atoms with E-state index in [4.69, 9.17) is 9.94 Å². The molecule has 0 radical (unpaired) electrons. The molecule has 1 aliphatic rings. The second kappa shape index (κ2) is 4.69. The lowest BCUT2D eigenvalue weighted by molar-refractivity contribution is 0.106. The smallest absolute Gasteiger partial charge is 0.409 e. The van der Waals surface area contributed by atoms with Crippen LogP contribution in [0, 0.1) is 0 Å². The van der Waals surface area contributed by atoms with Gasteiger partial charge in [-0.25, -0.2) is 4.79 Å². The molecule has 1 N–H and O–H groups in total. The molecule has 74 valence electrons. The minimum atomic E-state index is -0.278. The van der Waals surface area contributed by atoms with Crippen molar-refractivity contribution in [3.8, 4) is 0 Å². The van der Waals surface area contributed by atoms with Crippen LogP contribution in [0.4, 0.5) is 4.79 Å². The largest absolute Gasteiger partial charge is 0.450 e. The number of nitrogens with zero attached hydrogens (tertiary/aromatic N) is 2. The lowest BCUT2D eigenvalue weighted by Gasteiger charge is -2.25. The molecule has 0 spiro atoms. The highest BCUT2D eigenvalue weighted by Crippen LogP contribution is 2.08. The van der Waals surface area contributed by atoms with E-state index in [9.17, 15) is 4.79 Å². The fraction of sp³-hybridized carbons (Fsp3) is 0.750.